The molecular weight excluding hydrogens is 268 g/mol. The van der Waals surface area contributed by atoms with Gasteiger partial charge in [-0.2, -0.15) is 0 Å². The molecular formula is C18H19F2N. The van der Waals surface area contributed by atoms with E-state index in [1.54, 1.807) is 12.1 Å². The SMILES string of the molecule is CCCNC1CCc2cc(-c3cccc(F)c3F)ccc21. The van der Waals surface area contributed by atoms with Crippen molar-refractivity contribution in [3.05, 3.63) is 59.2 Å². The van der Waals surface area contributed by atoms with Gasteiger partial charge < -0.3 is 5.32 Å². The van der Waals surface area contributed by atoms with Crippen LogP contribution < -0.4 is 5.32 Å². The van der Waals surface area contributed by atoms with Crippen LogP contribution in [0.25, 0.3) is 11.1 Å². The molecule has 0 bridgehead atoms. The topological polar surface area (TPSA) is 12.0 Å². The summed E-state index contributed by atoms with van der Waals surface area (Å²) in [5.74, 6) is -1.56. The fourth-order valence-corrected chi connectivity index (χ4v) is 3.04. The molecule has 0 saturated carbocycles. The number of hydrogen-bond donors (Lipinski definition) is 1. The Morgan fingerprint density at radius 2 is 2.05 bits per heavy atom. The van der Waals surface area contributed by atoms with Crippen molar-refractivity contribution >= 4 is 0 Å². The van der Waals surface area contributed by atoms with Crippen molar-refractivity contribution in [1.82, 2.24) is 5.32 Å². The van der Waals surface area contributed by atoms with Crippen LogP contribution in [0.3, 0.4) is 0 Å². The molecule has 1 N–H and O–H groups in total. The molecule has 2 aromatic carbocycles. The summed E-state index contributed by atoms with van der Waals surface area (Å²) in [6, 6.07) is 10.7. The molecule has 0 aliphatic heterocycles. The molecule has 0 aromatic heterocycles. The standard InChI is InChI=1S/C18H19F2N/c1-2-10-21-17-9-7-12-11-13(6-8-14(12)17)15-4-3-5-16(19)18(15)20/h3-6,8,11,17,21H,2,7,9-10H2,1H3. The van der Waals surface area contributed by atoms with Gasteiger partial charge in [0.1, 0.15) is 0 Å². The minimum Gasteiger partial charge on any atom is -0.310 e. The Kier molecular flexibility index (Phi) is 4.02. The normalized spacial score (nSPS) is 17.0. The van der Waals surface area contributed by atoms with E-state index in [4.69, 9.17) is 0 Å². The van der Waals surface area contributed by atoms with Crippen LogP contribution in [0.5, 0.6) is 0 Å². The minimum absolute atomic E-state index is 0.336. The van der Waals surface area contributed by atoms with Gasteiger partial charge in [0.15, 0.2) is 11.6 Å². The van der Waals surface area contributed by atoms with Crippen molar-refractivity contribution in [2.24, 2.45) is 0 Å². The lowest BCUT2D eigenvalue weighted by atomic mass is 9.99. The van der Waals surface area contributed by atoms with Crippen molar-refractivity contribution < 1.29 is 8.78 Å². The van der Waals surface area contributed by atoms with E-state index in [0.717, 1.165) is 37.4 Å². The first-order valence-corrected chi connectivity index (χ1v) is 7.51. The zero-order valence-corrected chi connectivity index (χ0v) is 12.1. The van der Waals surface area contributed by atoms with Crippen LogP contribution in [-0.2, 0) is 6.42 Å². The number of aryl methyl sites for hydroxylation is 1. The lowest BCUT2D eigenvalue weighted by Gasteiger charge is -2.14. The third-order valence-electron chi connectivity index (χ3n) is 4.12. The van der Waals surface area contributed by atoms with E-state index in [9.17, 15) is 8.78 Å². The molecule has 1 unspecified atom stereocenters. The summed E-state index contributed by atoms with van der Waals surface area (Å²) >= 11 is 0. The van der Waals surface area contributed by atoms with Gasteiger partial charge in [-0.1, -0.05) is 37.3 Å². The molecule has 0 saturated heterocycles. The largest absolute Gasteiger partial charge is 0.310 e. The van der Waals surface area contributed by atoms with Crippen LogP contribution in [0.4, 0.5) is 8.78 Å². The first kappa shape index (κ1) is 14.2. The molecule has 1 atom stereocenters. The van der Waals surface area contributed by atoms with Crippen molar-refractivity contribution in [3.8, 4) is 11.1 Å². The van der Waals surface area contributed by atoms with Gasteiger partial charge in [0, 0.05) is 11.6 Å². The third-order valence-corrected chi connectivity index (χ3v) is 4.12. The van der Waals surface area contributed by atoms with Gasteiger partial charge >= 0.3 is 0 Å². The lowest BCUT2D eigenvalue weighted by Crippen LogP contribution is -2.19. The maximum Gasteiger partial charge on any atom is 0.166 e. The summed E-state index contributed by atoms with van der Waals surface area (Å²) in [7, 11) is 0. The predicted molar refractivity (Wildman–Crippen MR) is 81.1 cm³/mol. The van der Waals surface area contributed by atoms with Crippen molar-refractivity contribution in [1.29, 1.82) is 0 Å². The second kappa shape index (κ2) is 5.94. The van der Waals surface area contributed by atoms with Crippen LogP contribution in [-0.4, -0.2) is 6.54 Å². The molecule has 2 aromatic rings. The quantitative estimate of drug-likeness (QED) is 0.865. The highest BCUT2D eigenvalue weighted by Gasteiger charge is 2.22. The Balaban J connectivity index is 1.92. The molecule has 1 aliphatic rings. The van der Waals surface area contributed by atoms with Crippen LogP contribution in [0.15, 0.2) is 36.4 Å². The summed E-state index contributed by atoms with van der Waals surface area (Å²) in [5.41, 5.74) is 3.62. The fourth-order valence-electron chi connectivity index (χ4n) is 3.04. The predicted octanol–water partition coefficient (Wildman–Crippen LogP) is 4.62. The van der Waals surface area contributed by atoms with Gasteiger partial charge in [-0.25, -0.2) is 8.78 Å². The Morgan fingerprint density at radius 3 is 2.86 bits per heavy atom. The molecule has 0 heterocycles. The van der Waals surface area contributed by atoms with Gasteiger partial charge in [-0.05, 0) is 48.6 Å². The number of nitrogens with one attached hydrogen (secondary N) is 1. The summed E-state index contributed by atoms with van der Waals surface area (Å²) in [4.78, 5) is 0. The van der Waals surface area contributed by atoms with Gasteiger partial charge in [0.2, 0.25) is 0 Å². The molecule has 1 aliphatic carbocycles. The highest BCUT2D eigenvalue weighted by molar-refractivity contribution is 5.66. The van der Waals surface area contributed by atoms with E-state index in [1.165, 1.54) is 11.1 Å². The number of hydrogen-bond acceptors (Lipinski definition) is 1. The molecule has 0 fully saturated rings. The molecule has 3 heteroatoms. The van der Waals surface area contributed by atoms with E-state index in [-0.39, 0.29) is 0 Å². The smallest absolute Gasteiger partial charge is 0.166 e. The van der Waals surface area contributed by atoms with Crippen molar-refractivity contribution in [2.75, 3.05) is 6.54 Å². The molecule has 0 amide bonds. The maximum absolute atomic E-state index is 13.9. The number of rotatable bonds is 4. The van der Waals surface area contributed by atoms with Crippen molar-refractivity contribution in [3.63, 3.8) is 0 Å². The number of fused-ring (bicyclic) bond motifs is 1. The Hall–Kier alpha value is -1.74. The second-order valence-corrected chi connectivity index (χ2v) is 5.56. The average molecular weight is 287 g/mol. The second-order valence-electron chi connectivity index (χ2n) is 5.56. The Labute approximate surface area is 124 Å². The summed E-state index contributed by atoms with van der Waals surface area (Å²) in [5, 5.41) is 3.53. The Bertz CT molecular complexity index is 652. The maximum atomic E-state index is 13.9. The van der Waals surface area contributed by atoms with Gasteiger partial charge in [0.25, 0.3) is 0 Å². The first-order chi connectivity index (χ1) is 10.2. The lowest BCUT2D eigenvalue weighted by molar-refractivity contribution is 0.511. The zero-order valence-electron chi connectivity index (χ0n) is 12.1. The summed E-state index contributed by atoms with van der Waals surface area (Å²) < 4.78 is 27.3. The highest BCUT2D eigenvalue weighted by atomic mass is 19.2. The van der Waals surface area contributed by atoms with Gasteiger partial charge in [-0.3, -0.25) is 0 Å². The molecule has 110 valence electrons. The van der Waals surface area contributed by atoms with Gasteiger partial charge in [0.05, 0.1) is 0 Å². The van der Waals surface area contributed by atoms with Crippen LogP contribution in [0.2, 0.25) is 0 Å². The third kappa shape index (κ3) is 2.70. The van der Waals surface area contributed by atoms with Crippen LogP contribution >= 0.6 is 0 Å². The monoisotopic (exact) mass is 287 g/mol. The molecule has 0 spiro atoms. The van der Waals surface area contributed by atoms with Crippen LogP contribution in [0.1, 0.15) is 36.9 Å². The molecule has 0 radical (unpaired) electrons. The van der Waals surface area contributed by atoms with E-state index >= 15 is 0 Å². The molecule has 21 heavy (non-hydrogen) atoms. The van der Waals surface area contributed by atoms with Gasteiger partial charge in [-0.15, -0.1) is 0 Å². The van der Waals surface area contributed by atoms with E-state index in [2.05, 4.69) is 18.3 Å². The van der Waals surface area contributed by atoms with E-state index < -0.39 is 11.6 Å². The van der Waals surface area contributed by atoms with Crippen molar-refractivity contribution in [2.45, 2.75) is 32.2 Å². The number of halogens is 2. The Morgan fingerprint density at radius 1 is 1.19 bits per heavy atom. The minimum atomic E-state index is -0.796. The molecule has 1 nitrogen and oxygen atoms in total. The highest BCUT2D eigenvalue weighted by Crippen LogP contribution is 2.35. The molecule has 3 rings (SSSR count). The average Bonchev–Trinajstić information content (AvgIpc) is 2.90. The fraction of sp³-hybridized carbons (Fsp3) is 0.333. The summed E-state index contributed by atoms with van der Waals surface area (Å²) in [6.45, 7) is 3.16. The first-order valence-electron chi connectivity index (χ1n) is 7.51. The van der Waals surface area contributed by atoms with E-state index in [0.29, 0.717) is 11.6 Å². The van der Waals surface area contributed by atoms with E-state index in [1.807, 2.05) is 12.1 Å². The zero-order chi connectivity index (χ0) is 14.8. The summed E-state index contributed by atoms with van der Waals surface area (Å²) in [6.07, 6.45) is 3.17. The number of benzene rings is 2. The van der Waals surface area contributed by atoms with Crippen LogP contribution in [0, 0.1) is 11.6 Å².